The number of Topliss-reactive ketones (excluding diaryl/α,β-unsaturated/α-hetero) is 1. The van der Waals surface area contributed by atoms with Crippen molar-refractivity contribution in [2.24, 2.45) is 0 Å². The van der Waals surface area contributed by atoms with Crippen molar-refractivity contribution in [3.63, 3.8) is 0 Å². The normalized spacial score (nSPS) is 18.9. The zero-order valence-electron chi connectivity index (χ0n) is 10.1. The number of rotatable bonds is 5. The molecule has 5 heteroatoms. The van der Waals surface area contributed by atoms with Crippen LogP contribution in [0.5, 0.6) is 5.75 Å². The Balaban J connectivity index is 2.00. The van der Waals surface area contributed by atoms with Crippen molar-refractivity contribution in [1.82, 2.24) is 0 Å². The molecule has 18 heavy (non-hydrogen) atoms. The van der Waals surface area contributed by atoms with Crippen molar-refractivity contribution in [3.05, 3.63) is 29.6 Å². The number of ether oxygens (including phenoxy) is 3. The molecule has 1 saturated heterocycles. The maximum atomic E-state index is 13.1. The van der Waals surface area contributed by atoms with Gasteiger partial charge < -0.3 is 14.2 Å². The van der Waals surface area contributed by atoms with Crippen LogP contribution in [-0.2, 0) is 9.47 Å². The molecule has 0 amide bonds. The molecule has 0 aliphatic carbocycles. The summed E-state index contributed by atoms with van der Waals surface area (Å²) >= 11 is 0. The van der Waals surface area contributed by atoms with Crippen molar-refractivity contribution in [3.8, 4) is 5.75 Å². The van der Waals surface area contributed by atoms with Gasteiger partial charge in [-0.15, -0.1) is 0 Å². The Hall–Kier alpha value is -1.46. The van der Waals surface area contributed by atoms with E-state index >= 15 is 0 Å². The Morgan fingerprint density at radius 1 is 1.56 bits per heavy atom. The van der Waals surface area contributed by atoms with Crippen LogP contribution in [0.25, 0.3) is 0 Å². The van der Waals surface area contributed by atoms with E-state index in [2.05, 4.69) is 0 Å². The van der Waals surface area contributed by atoms with Crippen molar-refractivity contribution in [2.45, 2.75) is 12.5 Å². The van der Waals surface area contributed by atoms with Crippen LogP contribution >= 0.6 is 0 Å². The third-order valence-corrected chi connectivity index (χ3v) is 2.80. The highest BCUT2D eigenvalue weighted by Crippen LogP contribution is 2.20. The predicted octanol–water partition coefficient (Wildman–Crippen LogP) is 1.82. The van der Waals surface area contributed by atoms with Gasteiger partial charge in [-0.05, 0) is 24.6 Å². The van der Waals surface area contributed by atoms with Crippen molar-refractivity contribution in [1.29, 1.82) is 0 Å². The molecular weight excluding hydrogens is 239 g/mol. The molecule has 0 radical (unpaired) electrons. The number of hydrogen-bond donors (Lipinski definition) is 0. The lowest BCUT2D eigenvalue weighted by molar-refractivity contribution is 0.0388. The fourth-order valence-electron chi connectivity index (χ4n) is 1.81. The minimum atomic E-state index is -0.469. The van der Waals surface area contributed by atoms with E-state index in [0.29, 0.717) is 19.0 Å². The summed E-state index contributed by atoms with van der Waals surface area (Å²) in [6.45, 7) is 1.07. The standard InChI is InChI=1S/C13H15FO4/c1-16-13-3-2-9(14)6-11(13)12(15)8-18-10-4-5-17-7-10/h2-3,6,10H,4-5,7-8H2,1H3. The maximum absolute atomic E-state index is 13.1. The van der Waals surface area contributed by atoms with Gasteiger partial charge in [0.25, 0.3) is 0 Å². The summed E-state index contributed by atoms with van der Waals surface area (Å²) < 4.78 is 28.7. The number of hydrogen-bond acceptors (Lipinski definition) is 4. The topological polar surface area (TPSA) is 44.8 Å². The first kappa shape index (κ1) is 13.0. The third-order valence-electron chi connectivity index (χ3n) is 2.80. The highest BCUT2D eigenvalue weighted by molar-refractivity contribution is 5.99. The van der Waals surface area contributed by atoms with Gasteiger partial charge in [0.2, 0.25) is 0 Å². The second-order valence-electron chi connectivity index (χ2n) is 4.06. The summed E-state index contributed by atoms with van der Waals surface area (Å²) in [4.78, 5) is 11.9. The summed E-state index contributed by atoms with van der Waals surface area (Å²) in [5.74, 6) is -0.408. The molecule has 1 unspecified atom stereocenters. The minimum Gasteiger partial charge on any atom is -0.496 e. The quantitative estimate of drug-likeness (QED) is 0.752. The summed E-state index contributed by atoms with van der Waals surface area (Å²) in [7, 11) is 1.44. The van der Waals surface area contributed by atoms with E-state index in [1.54, 1.807) is 0 Å². The summed E-state index contributed by atoms with van der Waals surface area (Å²) in [6.07, 6.45) is 0.738. The molecule has 1 aromatic carbocycles. The molecule has 1 aliphatic heterocycles. The summed E-state index contributed by atoms with van der Waals surface area (Å²) in [6, 6.07) is 3.85. The zero-order valence-corrected chi connectivity index (χ0v) is 10.1. The van der Waals surface area contributed by atoms with Crippen molar-refractivity contribution in [2.75, 3.05) is 26.9 Å². The van der Waals surface area contributed by atoms with Gasteiger partial charge in [0, 0.05) is 6.61 Å². The lowest BCUT2D eigenvalue weighted by atomic mass is 10.1. The van der Waals surface area contributed by atoms with Crippen LogP contribution in [-0.4, -0.2) is 38.8 Å². The Morgan fingerprint density at radius 3 is 3.06 bits per heavy atom. The largest absolute Gasteiger partial charge is 0.496 e. The number of carbonyl (C=O) groups is 1. The van der Waals surface area contributed by atoms with E-state index in [0.717, 1.165) is 12.5 Å². The van der Waals surface area contributed by atoms with E-state index in [1.807, 2.05) is 0 Å². The molecule has 0 aromatic heterocycles. The lowest BCUT2D eigenvalue weighted by Gasteiger charge is -2.11. The lowest BCUT2D eigenvalue weighted by Crippen LogP contribution is -2.19. The summed E-state index contributed by atoms with van der Waals surface area (Å²) in [5, 5.41) is 0. The molecule has 0 bridgehead atoms. The monoisotopic (exact) mass is 254 g/mol. The Morgan fingerprint density at radius 2 is 2.39 bits per heavy atom. The first-order valence-electron chi connectivity index (χ1n) is 5.77. The van der Waals surface area contributed by atoms with Gasteiger partial charge in [0.15, 0.2) is 5.78 Å². The second kappa shape index (κ2) is 5.93. The van der Waals surface area contributed by atoms with Crippen LogP contribution in [0, 0.1) is 5.82 Å². The van der Waals surface area contributed by atoms with Gasteiger partial charge in [-0.2, -0.15) is 0 Å². The Labute approximate surface area is 105 Å². The molecule has 0 saturated carbocycles. The van der Waals surface area contributed by atoms with Gasteiger partial charge in [0.1, 0.15) is 18.2 Å². The van der Waals surface area contributed by atoms with Gasteiger partial charge in [0.05, 0.1) is 25.4 Å². The molecule has 4 nitrogen and oxygen atoms in total. The number of halogens is 1. The van der Waals surface area contributed by atoms with Crippen LogP contribution in [0.3, 0.4) is 0 Å². The molecular formula is C13H15FO4. The predicted molar refractivity (Wildman–Crippen MR) is 62.5 cm³/mol. The van der Waals surface area contributed by atoms with E-state index in [1.165, 1.54) is 19.2 Å². The Kier molecular flexibility index (Phi) is 4.28. The van der Waals surface area contributed by atoms with Crippen LogP contribution in [0.1, 0.15) is 16.8 Å². The molecule has 1 aliphatic rings. The third kappa shape index (κ3) is 3.05. The first-order chi connectivity index (χ1) is 8.70. The number of methoxy groups -OCH3 is 1. The molecule has 1 aromatic rings. The molecule has 0 N–H and O–H groups in total. The molecule has 98 valence electrons. The summed E-state index contributed by atoms with van der Waals surface area (Å²) in [5.41, 5.74) is 0.205. The molecule has 1 heterocycles. The second-order valence-corrected chi connectivity index (χ2v) is 4.06. The van der Waals surface area contributed by atoms with Crippen LogP contribution in [0.15, 0.2) is 18.2 Å². The van der Waals surface area contributed by atoms with Gasteiger partial charge in [-0.3, -0.25) is 4.79 Å². The number of carbonyl (C=O) groups excluding carboxylic acids is 1. The SMILES string of the molecule is COc1ccc(F)cc1C(=O)COC1CCOC1. The van der Waals surface area contributed by atoms with E-state index in [-0.39, 0.29) is 24.1 Å². The molecule has 2 rings (SSSR count). The van der Waals surface area contributed by atoms with Gasteiger partial charge >= 0.3 is 0 Å². The van der Waals surface area contributed by atoms with Crippen molar-refractivity contribution < 1.29 is 23.4 Å². The van der Waals surface area contributed by atoms with Gasteiger partial charge in [-0.25, -0.2) is 4.39 Å². The molecule has 1 fully saturated rings. The maximum Gasteiger partial charge on any atom is 0.192 e. The number of benzene rings is 1. The van der Waals surface area contributed by atoms with E-state index in [9.17, 15) is 9.18 Å². The zero-order chi connectivity index (χ0) is 13.0. The van der Waals surface area contributed by atoms with Crippen molar-refractivity contribution >= 4 is 5.78 Å². The van der Waals surface area contributed by atoms with Crippen LogP contribution < -0.4 is 4.74 Å². The average Bonchev–Trinajstić information content (AvgIpc) is 2.89. The molecule has 1 atom stereocenters. The Bertz CT molecular complexity index is 427. The first-order valence-corrected chi connectivity index (χ1v) is 5.77. The van der Waals surface area contributed by atoms with Gasteiger partial charge in [-0.1, -0.05) is 0 Å². The highest BCUT2D eigenvalue weighted by atomic mass is 19.1. The average molecular weight is 254 g/mol. The van der Waals surface area contributed by atoms with E-state index < -0.39 is 5.82 Å². The highest BCUT2D eigenvalue weighted by Gasteiger charge is 2.19. The molecule has 0 spiro atoms. The smallest absolute Gasteiger partial charge is 0.192 e. The minimum absolute atomic E-state index is 0.0477. The fraction of sp³-hybridized carbons (Fsp3) is 0.462. The number of ketones is 1. The fourth-order valence-corrected chi connectivity index (χ4v) is 1.81. The van der Waals surface area contributed by atoms with E-state index in [4.69, 9.17) is 14.2 Å². The van der Waals surface area contributed by atoms with Crippen LogP contribution in [0.4, 0.5) is 4.39 Å². The van der Waals surface area contributed by atoms with Crippen LogP contribution in [0.2, 0.25) is 0 Å².